The zero-order valence-electron chi connectivity index (χ0n) is 11.9. The maximum Gasteiger partial charge on any atom is 0.245 e. The van der Waals surface area contributed by atoms with Crippen molar-refractivity contribution in [3.63, 3.8) is 0 Å². The van der Waals surface area contributed by atoms with Crippen LogP contribution in [0.2, 0.25) is 0 Å². The summed E-state index contributed by atoms with van der Waals surface area (Å²) in [6.07, 6.45) is 3.01. The van der Waals surface area contributed by atoms with Gasteiger partial charge in [-0.25, -0.2) is 0 Å². The number of amides is 2. The van der Waals surface area contributed by atoms with Gasteiger partial charge in [0, 0.05) is 19.0 Å². The first kappa shape index (κ1) is 14.3. The zero-order valence-corrected chi connectivity index (χ0v) is 11.9. The lowest BCUT2D eigenvalue weighted by atomic mass is 9.96. The number of piperidine rings is 1. The van der Waals surface area contributed by atoms with E-state index in [1.807, 2.05) is 18.7 Å². The molecule has 2 rings (SSSR count). The molecule has 2 N–H and O–H groups in total. The average Bonchev–Trinajstić information content (AvgIpc) is 2.57. The van der Waals surface area contributed by atoms with Crippen LogP contribution in [0.25, 0.3) is 0 Å². The van der Waals surface area contributed by atoms with E-state index in [-0.39, 0.29) is 35.9 Å². The fourth-order valence-electron chi connectivity index (χ4n) is 3.40. The van der Waals surface area contributed by atoms with Crippen LogP contribution in [0, 0.1) is 5.92 Å². The van der Waals surface area contributed by atoms with Gasteiger partial charge >= 0.3 is 0 Å². The molecule has 19 heavy (non-hydrogen) atoms. The van der Waals surface area contributed by atoms with Gasteiger partial charge in [-0.2, -0.15) is 0 Å². The number of aliphatic hydroxyl groups excluding tert-OH is 1. The van der Waals surface area contributed by atoms with E-state index in [2.05, 4.69) is 5.32 Å². The average molecular weight is 268 g/mol. The smallest absolute Gasteiger partial charge is 0.245 e. The number of aliphatic hydroxyl groups is 1. The number of fused-ring (bicyclic) bond motifs is 2. The summed E-state index contributed by atoms with van der Waals surface area (Å²) in [6.45, 7) is 5.33. The maximum absolute atomic E-state index is 12.7. The van der Waals surface area contributed by atoms with Crippen LogP contribution in [0.5, 0.6) is 0 Å². The molecule has 2 aliphatic heterocycles. The molecule has 0 aliphatic carbocycles. The van der Waals surface area contributed by atoms with Crippen LogP contribution in [0.4, 0.5) is 0 Å². The molecule has 0 aromatic rings. The third kappa shape index (κ3) is 2.91. The van der Waals surface area contributed by atoms with Crippen molar-refractivity contribution >= 4 is 11.8 Å². The quantitative estimate of drug-likeness (QED) is 0.790. The van der Waals surface area contributed by atoms with Gasteiger partial charge in [-0.15, -0.1) is 0 Å². The Kier molecular flexibility index (Phi) is 4.13. The minimum atomic E-state index is -0.448. The normalized spacial score (nSPS) is 31.4. The lowest BCUT2D eigenvalue weighted by Crippen LogP contribution is -2.56. The van der Waals surface area contributed by atoms with E-state index in [9.17, 15) is 14.7 Å². The second-order valence-electron chi connectivity index (χ2n) is 6.18. The Labute approximate surface area is 114 Å². The third-order valence-electron chi connectivity index (χ3n) is 4.25. The van der Waals surface area contributed by atoms with Crippen LogP contribution in [-0.4, -0.2) is 46.1 Å². The molecule has 0 spiro atoms. The molecule has 0 aromatic carbocycles. The molecule has 2 bridgehead atoms. The highest BCUT2D eigenvalue weighted by Gasteiger charge is 2.45. The fraction of sp³-hybridized carbons (Fsp3) is 0.857. The summed E-state index contributed by atoms with van der Waals surface area (Å²) in [5, 5.41) is 12.5. The number of carbonyl (C=O) groups is 2. The molecule has 2 saturated heterocycles. The zero-order chi connectivity index (χ0) is 14.2. The summed E-state index contributed by atoms with van der Waals surface area (Å²) in [5.41, 5.74) is 0. The second kappa shape index (κ2) is 5.49. The Morgan fingerprint density at radius 3 is 2.16 bits per heavy atom. The minimum absolute atomic E-state index is 0.0181. The third-order valence-corrected chi connectivity index (χ3v) is 4.25. The maximum atomic E-state index is 12.7. The van der Waals surface area contributed by atoms with Crippen molar-refractivity contribution in [1.82, 2.24) is 10.2 Å². The van der Waals surface area contributed by atoms with Crippen molar-refractivity contribution in [1.29, 1.82) is 0 Å². The first-order chi connectivity index (χ1) is 8.90. The van der Waals surface area contributed by atoms with E-state index in [0.29, 0.717) is 12.8 Å². The minimum Gasteiger partial charge on any atom is -0.393 e. The number of nitrogens with one attached hydrogen (secondary N) is 1. The fourth-order valence-corrected chi connectivity index (χ4v) is 3.40. The molecule has 2 fully saturated rings. The summed E-state index contributed by atoms with van der Waals surface area (Å²) in [4.78, 5) is 25.9. The Morgan fingerprint density at radius 1 is 1.21 bits per heavy atom. The molecule has 5 heteroatoms. The number of rotatable bonds is 3. The number of carbonyl (C=O) groups excluding carboxylic acids is 2. The number of nitrogens with zero attached hydrogens (tertiary/aromatic N) is 1. The molecule has 2 heterocycles. The molecule has 0 radical (unpaired) electrons. The molecule has 2 aliphatic rings. The lowest BCUT2D eigenvalue weighted by Gasteiger charge is -2.39. The highest BCUT2D eigenvalue weighted by atomic mass is 16.3. The summed E-state index contributed by atoms with van der Waals surface area (Å²) >= 11 is 0. The molecular weight excluding hydrogens is 244 g/mol. The summed E-state index contributed by atoms with van der Waals surface area (Å²) in [6, 6.07) is -0.150. The van der Waals surface area contributed by atoms with E-state index >= 15 is 0 Å². The molecule has 0 aromatic heterocycles. The predicted molar refractivity (Wildman–Crippen MR) is 71.3 cm³/mol. The second-order valence-corrected chi connectivity index (χ2v) is 6.18. The van der Waals surface area contributed by atoms with Crippen LogP contribution >= 0.6 is 0 Å². The molecule has 108 valence electrons. The van der Waals surface area contributed by atoms with Gasteiger partial charge in [0.2, 0.25) is 11.8 Å². The first-order valence-electron chi connectivity index (χ1n) is 7.17. The highest BCUT2D eigenvalue weighted by Crippen LogP contribution is 2.36. The summed E-state index contributed by atoms with van der Waals surface area (Å²) < 4.78 is 0. The van der Waals surface area contributed by atoms with Crippen molar-refractivity contribution in [2.45, 2.75) is 70.7 Å². The van der Waals surface area contributed by atoms with Crippen LogP contribution in [0.3, 0.4) is 0 Å². The van der Waals surface area contributed by atoms with Crippen LogP contribution in [-0.2, 0) is 9.59 Å². The number of hydrogen-bond donors (Lipinski definition) is 2. The SMILES string of the molecule is CC(=O)NC(C(=O)N1C2CCC1CC(O)C2)C(C)C. The Morgan fingerprint density at radius 2 is 1.74 bits per heavy atom. The van der Waals surface area contributed by atoms with Gasteiger partial charge in [0.1, 0.15) is 6.04 Å². The largest absolute Gasteiger partial charge is 0.393 e. The van der Waals surface area contributed by atoms with Gasteiger partial charge in [0.25, 0.3) is 0 Å². The van der Waals surface area contributed by atoms with E-state index < -0.39 is 6.04 Å². The Bertz CT molecular complexity index is 356. The molecule has 3 atom stereocenters. The van der Waals surface area contributed by atoms with E-state index in [4.69, 9.17) is 0 Å². The van der Waals surface area contributed by atoms with Crippen molar-refractivity contribution in [3.8, 4) is 0 Å². The van der Waals surface area contributed by atoms with Crippen LogP contribution < -0.4 is 5.32 Å². The van der Waals surface area contributed by atoms with E-state index in [1.54, 1.807) is 0 Å². The topological polar surface area (TPSA) is 69.6 Å². The molecule has 2 amide bonds. The molecule has 3 unspecified atom stereocenters. The monoisotopic (exact) mass is 268 g/mol. The number of hydrogen-bond acceptors (Lipinski definition) is 3. The molecule has 0 saturated carbocycles. The van der Waals surface area contributed by atoms with Gasteiger partial charge in [-0.05, 0) is 31.6 Å². The van der Waals surface area contributed by atoms with Gasteiger partial charge in [0.05, 0.1) is 6.10 Å². The van der Waals surface area contributed by atoms with Crippen molar-refractivity contribution in [3.05, 3.63) is 0 Å². The van der Waals surface area contributed by atoms with Crippen molar-refractivity contribution in [2.75, 3.05) is 0 Å². The van der Waals surface area contributed by atoms with E-state index in [1.165, 1.54) is 6.92 Å². The van der Waals surface area contributed by atoms with Crippen LogP contribution in [0.1, 0.15) is 46.5 Å². The summed E-state index contributed by atoms with van der Waals surface area (Å²) in [5.74, 6) is -0.0799. The molecular formula is C14H24N2O3. The first-order valence-corrected chi connectivity index (χ1v) is 7.17. The predicted octanol–water partition coefficient (Wildman–Crippen LogP) is 0.661. The highest BCUT2D eigenvalue weighted by molar-refractivity contribution is 5.87. The van der Waals surface area contributed by atoms with Crippen LogP contribution in [0.15, 0.2) is 0 Å². The standard InChI is InChI=1S/C14H24N2O3/c1-8(2)13(15-9(3)17)14(19)16-10-4-5-11(16)7-12(18)6-10/h8,10-13,18H,4-7H2,1-3H3,(H,15,17). The lowest BCUT2D eigenvalue weighted by molar-refractivity contribution is -0.142. The van der Waals surface area contributed by atoms with E-state index in [0.717, 1.165) is 12.8 Å². The van der Waals surface area contributed by atoms with Gasteiger partial charge < -0.3 is 15.3 Å². The van der Waals surface area contributed by atoms with Crippen molar-refractivity contribution in [2.24, 2.45) is 5.92 Å². The Hall–Kier alpha value is -1.10. The summed E-state index contributed by atoms with van der Waals surface area (Å²) in [7, 11) is 0. The van der Waals surface area contributed by atoms with Gasteiger partial charge in [0.15, 0.2) is 0 Å². The van der Waals surface area contributed by atoms with Gasteiger partial charge in [-0.1, -0.05) is 13.8 Å². The van der Waals surface area contributed by atoms with Gasteiger partial charge in [-0.3, -0.25) is 9.59 Å². The van der Waals surface area contributed by atoms with Crippen molar-refractivity contribution < 1.29 is 14.7 Å². The molecule has 5 nitrogen and oxygen atoms in total. The Balaban J connectivity index is 2.12.